The van der Waals surface area contributed by atoms with Gasteiger partial charge in [-0.15, -0.1) is 0 Å². The van der Waals surface area contributed by atoms with E-state index in [0.29, 0.717) is 0 Å². The number of thioether (sulfide) groups is 1. The van der Waals surface area contributed by atoms with Gasteiger partial charge in [-0.3, -0.25) is 6.26 Å². The summed E-state index contributed by atoms with van der Waals surface area (Å²) in [7, 11) is 0. The summed E-state index contributed by atoms with van der Waals surface area (Å²) in [4.78, 5) is 0. The fourth-order valence-electron chi connectivity index (χ4n) is 0. The molecule has 0 aromatic heterocycles. The van der Waals surface area contributed by atoms with Crippen molar-refractivity contribution in [3.8, 4) is 0 Å². The first-order valence-corrected chi connectivity index (χ1v) is 3.78. The van der Waals surface area contributed by atoms with Crippen molar-refractivity contribution in [3.05, 3.63) is 12.7 Å². The molecule has 0 nitrogen and oxygen atoms in total. The van der Waals surface area contributed by atoms with Crippen molar-refractivity contribution in [1.82, 2.24) is 0 Å². The quantitative estimate of drug-likeness (QED) is 0.400. The van der Waals surface area contributed by atoms with Crippen molar-refractivity contribution < 1.29 is 0 Å². The first kappa shape index (κ1) is 16.1. The van der Waals surface area contributed by atoms with Gasteiger partial charge in [-0.1, -0.05) is 6.92 Å². The Kier molecular flexibility index (Phi) is 48.7. The van der Waals surface area contributed by atoms with Crippen LogP contribution in [0.1, 0.15) is 20.3 Å². The standard InChI is InChI=1S/C4H9.C2H5S.Mg/c1-3-4-2;1-3-2;/h3H,4H2,1-2H3;1H2,2H3;/q2*-1;+2. The number of rotatable bonds is 1. The minimum atomic E-state index is 0. The average molecular weight is 143 g/mol. The van der Waals surface area contributed by atoms with Crippen molar-refractivity contribution >= 4 is 34.8 Å². The van der Waals surface area contributed by atoms with E-state index in [0.717, 1.165) is 0 Å². The zero-order valence-electron chi connectivity index (χ0n) is 6.11. The van der Waals surface area contributed by atoms with Crippen LogP contribution in [-0.4, -0.2) is 29.3 Å². The Morgan fingerprint density at radius 3 is 1.75 bits per heavy atom. The molecule has 8 heavy (non-hydrogen) atoms. The fraction of sp³-hybridized carbons (Fsp3) is 0.667. The van der Waals surface area contributed by atoms with Crippen molar-refractivity contribution in [2.24, 2.45) is 0 Å². The minimum Gasteiger partial charge on any atom is -0.357 e. The molecule has 0 aliphatic rings. The zero-order chi connectivity index (χ0) is 6.12. The molecule has 0 fully saturated rings. The summed E-state index contributed by atoms with van der Waals surface area (Å²) < 4.78 is 0. The van der Waals surface area contributed by atoms with Gasteiger partial charge >= 0.3 is 23.1 Å². The molecule has 0 saturated heterocycles. The van der Waals surface area contributed by atoms with Gasteiger partial charge in [0.1, 0.15) is 0 Å². The third-order valence-corrected chi connectivity index (χ3v) is 0.408. The van der Waals surface area contributed by atoms with Crippen molar-refractivity contribution in [2.75, 3.05) is 6.26 Å². The Morgan fingerprint density at radius 1 is 1.62 bits per heavy atom. The molecule has 0 rings (SSSR count). The third kappa shape index (κ3) is 59.4. The average Bonchev–Trinajstić information content (AvgIpc) is 1.69. The Bertz CT molecular complexity index is 16.0. The number of hydrogen-bond donors (Lipinski definition) is 0. The van der Waals surface area contributed by atoms with Gasteiger partial charge in [0, 0.05) is 0 Å². The van der Waals surface area contributed by atoms with Crippen molar-refractivity contribution in [3.63, 3.8) is 0 Å². The molecule has 0 aromatic carbocycles. The van der Waals surface area contributed by atoms with Gasteiger partial charge in [0.25, 0.3) is 0 Å². The molecule has 0 heterocycles. The molecule has 0 aliphatic heterocycles. The van der Waals surface area contributed by atoms with Gasteiger partial charge < -0.3 is 18.2 Å². The van der Waals surface area contributed by atoms with Gasteiger partial charge in [0.05, 0.1) is 0 Å². The maximum atomic E-state index is 3.40. The molecule has 2 heteroatoms. The van der Waals surface area contributed by atoms with Crippen LogP contribution in [0.25, 0.3) is 0 Å². The fourth-order valence-corrected chi connectivity index (χ4v) is 0. The third-order valence-electron chi connectivity index (χ3n) is 0.408. The summed E-state index contributed by atoms with van der Waals surface area (Å²) in [5.41, 5.74) is 0. The van der Waals surface area contributed by atoms with E-state index >= 15 is 0 Å². The van der Waals surface area contributed by atoms with E-state index in [1.165, 1.54) is 18.2 Å². The number of hydrogen-bond acceptors (Lipinski definition) is 1. The topological polar surface area (TPSA) is 0 Å². The second kappa shape index (κ2) is 24.3. The van der Waals surface area contributed by atoms with Gasteiger partial charge in [-0.25, -0.2) is 0 Å². The molecule has 0 unspecified atom stereocenters. The van der Waals surface area contributed by atoms with Crippen LogP contribution < -0.4 is 0 Å². The minimum absolute atomic E-state index is 0. The van der Waals surface area contributed by atoms with Crippen molar-refractivity contribution in [2.45, 2.75) is 20.3 Å². The SMILES string of the molecule is C[CH-]CC.[CH2-]SC.[Mg+2]. The second-order valence-corrected chi connectivity index (χ2v) is 1.68. The largest absolute Gasteiger partial charge is 2.00 e. The zero-order valence-corrected chi connectivity index (χ0v) is 8.34. The molecule has 46 valence electrons. The summed E-state index contributed by atoms with van der Waals surface area (Å²) in [5, 5.41) is 0. The van der Waals surface area contributed by atoms with E-state index in [1.807, 2.05) is 6.26 Å². The molecule has 0 amide bonds. The predicted molar refractivity (Wildman–Crippen MR) is 44.9 cm³/mol. The Hall–Kier alpha value is 1.12. The van der Waals surface area contributed by atoms with Gasteiger partial charge in [0.15, 0.2) is 0 Å². The van der Waals surface area contributed by atoms with E-state index in [1.54, 1.807) is 0 Å². The molecular formula is C6H14MgS. The van der Waals surface area contributed by atoms with Crippen LogP contribution in [0.15, 0.2) is 0 Å². The Labute approximate surface area is 74.0 Å². The maximum Gasteiger partial charge on any atom is 2.00 e. The summed E-state index contributed by atoms with van der Waals surface area (Å²) in [5.74, 6) is 0. The van der Waals surface area contributed by atoms with E-state index in [2.05, 4.69) is 26.5 Å². The van der Waals surface area contributed by atoms with Crippen LogP contribution in [0.2, 0.25) is 0 Å². The summed E-state index contributed by atoms with van der Waals surface area (Å²) >= 11 is 1.50. The normalized spacial score (nSPS) is 6.00. The summed E-state index contributed by atoms with van der Waals surface area (Å²) in [6.07, 6.45) is 8.65. The van der Waals surface area contributed by atoms with Crippen LogP contribution in [0.5, 0.6) is 0 Å². The van der Waals surface area contributed by atoms with Gasteiger partial charge in [-0.05, 0) is 6.26 Å². The van der Waals surface area contributed by atoms with E-state index in [9.17, 15) is 0 Å². The molecule has 0 bridgehead atoms. The van der Waals surface area contributed by atoms with E-state index < -0.39 is 0 Å². The van der Waals surface area contributed by atoms with Gasteiger partial charge in [0.2, 0.25) is 0 Å². The Balaban J connectivity index is -0.0000000575. The summed E-state index contributed by atoms with van der Waals surface area (Å²) in [6, 6.07) is 0. The monoisotopic (exact) mass is 142 g/mol. The van der Waals surface area contributed by atoms with Crippen LogP contribution in [0.4, 0.5) is 0 Å². The van der Waals surface area contributed by atoms with Crippen LogP contribution in [0, 0.1) is 12.7 Å². The predicted octanol–water partition coefficient (Wildman–Crippen LogP) is 2.38. The Morgan fingerprint density at radius 2 is 1.75 bits per heavy atom. The molecule has 0 aromatic rings. The van der Waals surface area contributed by atoms with Crippen LogP contribution >= 0.6 is 11.8 Å². The first-order valence-electron chi connectivity index (χ1n) is 2.39. The van der Waals surface area contributed by atoms with E-state index in [-0.39, 0.29) is 23.1 Å². The maximum absolute atomic E-state index is 3.40. The molecule has 0 atom stereocenters. The molecular weight excluding hydrogens is 128 g/mol. The molecule has 0 spiro atoms. The summed E-state index contributed by atoms with van der Waals surface area (Å²) in [6.45, 7) is 4.18. The van der Waals surface area contributed by atoms with Crippen molar-refractivity contribution in [1.29, 1.82) is 0 Å². The molecule has 0 radical (unpaired) electrons. The first-order chi connectivity index (χ1) is 3.33. The van der Waals surface area contributed by atoms with Crippen LogP contribution in [-0.2, 0) is 0 Å². The van der Waals surface area contributed by atoms with Gasteiger partial charge in [-0.2, -0.15) is 13.3 Å². The smallest absolute Gasteiger partial charge is 0.357 e. The van der Waals surface area contributed by atoms with E-state index in [4.69, 9.17) is 0 Å². The number of unbranched alkanes of at least 4 members (excludes halogenated alkanes) is 1. The molecule has 0 aliphatic carbocycles. The second-order valence-electron chi connectivity index (χ2n) is 1.11. The van der Waals surface area contributed by atoms with Crippen LogP contribution in [0.3, 0.4) is 0 Å². The molecule has 0 saturated carbocycles. The molecule has 0 N–H and O–H groups in total.